The first-order valence-electron chi connectivity index (χ1n) is 7.47. The van der Waals surface area contributed by atoms with E-state index in [1.165, 1.54) is 0 Å². The predicted molar refractivity (Wildman–Crippen MR) is 76.6 cm³/mol. The van der Waals surface area contributed by atoms with Crippen LogP contribution in [-0.4, -0.2) is 35.3 Å². The Balaban J connectivity index is 2.87. The van der Waals surface area contributed by atoms with Crippen LogP contribution in [0, 0.1) is 11.8 Å². The van der Waals surface area contributed by atoms with Gasteiger partial charge >= 0.3 is 0 Å². The Labute approximate surface area is 116 Å². The molecular formula is C15H28N2O2. The lowest BCUT2D eigenvalue weighted by Crippen LogP contribution is -2.64. The van der Waals surface area contributed by atoms with E-state index in [-0.39, 0.29) is 23.9 Å². The summed E-state index contributed by atoms with van der Waals surface area (Å²) < 4.78 is 0. The van der Waals surface area contributed by atoms with E-state index in [0.717, 1.165) is 19.3 Å². The third kappa shape index (κ3) is 4.22. The molecule has 0 aliphatic carbocycles. The van der Waals surface area contributed by atoms with Crippen LogP contribution in [0.4, 0.5) is 0 Å². The number of hydrogen-bond acceptors (Lipinski definition) is 2. The molecule has 0 radical (unpaired) electrons. The van der Waals surface area contributed by atoms with E-state index in [0.29, 0.717) is 18.4 Å². The molecule has 4 heteroatoms. The van der Waals surface area contributed by atoms with Crippen molar-refractivity contribution >= 4 is 11.8 Å². The van der Waals surface area contributed by atoms with Gasteiger partial charge in [0.25, 0.3) is 0 Å². The van der Waals surface area contributed by atoms with Crippen LogP contribution in [0.25, 0.3) is 0 Å². The van der Waals surface area contributed by atoms with Gasteiger partial charge in [-0.1, -0.05) is 41.0 Å². The Hall–Kier alpha value is -1.06. The summed E-state index contributed by atoms with van der Waals surface area (Å²) in [5, 5.41) is 2.91. The van der Waals surface area contributed by atoms with Crippen molar-refractivity contribution in [1.29, 1.82) is 0 Å². The van der Waals surface area contributed by atoms with Crippen molar-refractivity contribution in [2.45, 2.75) is 66.0 Å². The Kier molecular flexibility index (Phi) is 5.83. The van der Waals surface area contributed by atoms with E-state index in [9.17, 15) is 9.59 Å². The Morgan fingerprint density at radius 1 is 1.16 bits per heavy atom. The van der Waals surface area contributed by atoms with E-state index in [1.807, 2.05) is 6.92 Å². The largest absolute Gasteiger partial charge is 0.342 e. The lowest BCUT2D eigenvalue weighted by molar-refractivity contribution is -0.150. The SMILES string of the molecule is CCCC1C(=O)NC(CC(C)C)C(=O)N1CC(C)C. The van der Waals surface area contributed by atoms with E-state index in [1.54, 1.807) is 4.90 Å². The Morgan fingerprint density at radius 2 is 1.79 bits per heavy atom. The third-order valence-corrected chi connectivity index (χ3v) is 3.41. The van der Waals surface area contributed by atoms with E-state index in [4.69, 9.17) is 0 Å². The van der Waals surface area contributed by atoms with Gasteiger partial charge in [0.05, 0.1) is 0 Å². The zero-order valence-electron chi connectivity index (χ0n) is 12.9. The maximum Gasteiger partial charge on any atom is 0.245 e. The monoisotopic (exact) mass is 268 g/mol. The van der Waals surface area contributed by atoms with E-state index < -0.39 is 0 Å². The summed E-state index contributed by atoms with van der Waals surface area (Å²) in [5.41, 5.74) is 0. The molecule has 1 N–H and O–H groups in total. The number of rotatable bonds is 6. The van der Waals surface area contributed by atoms with Crippen molar-refractivity contribution in [1.82, 2.24) is 10.2 Å². The highest BCUT2D eigenvalue weighted by atomic mass is 16.2. The minimum atomic E-state index is -0.334. The lowest BCUT2D eigenvalue weighted by atomic mass is 9.96. The highest BCUT2D eigenvalue weighted by Crippen LogP contribution is 2.20. The second-order valence-corrected chi connectivity index (χ2v) is 6.38. The predicted octanol–water partition coefficient (Wildman–Crippen LogP) is 2.18. The molecule has 4 nitrogen and oxygen atoms in total. The van der Waals surface area contributed by atoms with Crippen molar-refractivity contribution in [2.75, 3.05) is 6.54 Å². The molecule has 1 fully saturated rings. The number of nitrogens with one attached hydrogen (secondary N) is 1. The topological polar surface area (TPSA) is 49.4 Å². The van der Waals surface area contributed by atoms with Gasteiger partial charge in [-0.2, -0.15) is 0 Å². The Morgan fingerprint density at radius 3 is 2.26 bits per heavy atom. The molecule has 1 aliphatic rings. The fourth-order valence-electron chi connectivity index (χ4n) is 2.63. The highest BCUT2D eigenvalue weighted by molar-refractivity contribution is 5.96. The fourth-order valence-corrected chi connectivity index (χ4v) is 2.63. The number of hydrogen-bond donors (Lipinski definition) is 1. The maximum absolute atomic E-state index is 12.5. The number of nitrogens with zero attached hydrogens (tertiary/aromatic N) is 1. The quantitative estimate of drug-likeness (QED) is 0.802. The Bertz CT molecular complexity index is 326. The van der Waals surface area contributed by atoms with Crippen molar-refractivity contribution < 1.29 is 9.59 Å². The first-order chi connectivity index (χ1) is 8.86. The van der Waals surface area contributed by atoms with E-state index >= 15 is 0 Å². The van der Waals surface area contributed by atoms with Gasteiger partial charge in [-0.3, -0.25) is 9.59 Å². The zero-order chi connectivity index (χ0) is 14.6. The second-order valence-electron chi connectivity index (χ2n) is 6.38. The van der Waals surface area contributed by atoms with Crippen LogP contribution in [0.2, 0.25) is 0 Å². The molecule has 1 aliphatic heterocycles. The van der Waals surface area contributed by atoms with Gasteiger partial charge < -0.3 is 10.2 Å². The average Bonchev–Trinajstić information content (AvgIpc) is 2.29. The number of amides is 2. The second kappa shape index (κ2) is 6.92. The molecule has 0 bridgehead atoms. The maximum atomic E-state index is 12.5. The summed E-state index contributed by atoms with van der Waals surface area (Å²) in [7, 11) is 0. The summed E-state index contributed by atoms with van der Waals surface area (Å²) in [4.78, 5) is 26.6. The lowest BCUT2D eigenvalue weighted by Gasteiger charge is -2.40. The van der Waals surface area contributed by atoms with Gasteiger partial charge in [0.15, 0.2) is 0 Å². The molecule has 110 valence electrons. The molecule has 2 amide bonds. The standard InChI is InChI=1S/C15H28N2O2/c1-6-7-13-14(18)16-12(8-10(2)3)15(19)17(13)9-11(4)5/h10-13H,6-9H2,1-5H3,(H,16,18). The summed E-state index contributed by atoms with van der Waals surface area (Å²) >= 11 is 0. The molecule has 1 heterocycles. The summed E-state index contributed by atoms with van der Waals surface area (Å²) in [6.45, 7) is 11.0. The van der Waals surface area contributed by atoms with Crippen LogP contribution in [0.1, 0.15) is 53.9 Å². The summed E-state index contributed by atoms with van der Waals surface area (Å²) in [5.74, 6) is 0.903. The van der Waals surface area contributed by atoms with Crippen LogP contribution < -0.4 is 5.32 Å². The van der Waals surface area contributed by atoms with Crippen LogP contribution in [0.5, 0.6) is 0 Å². The molecule has 19 heavy (non-hydrogen) atoms. The molecule has 0 aromatic rings. The van der Waals surface area contributed by atoms with Gasteiger partial charge in [0, 0.05) is 6.54 Å². The molecule has 0 aromatic carbocycles. The minimum Gasteiger partial charge on any atom is -0.342 e. The van der Waals surface area contributed by atoms with Crippen molar-refractivity contribution in [3.05, 3.63) is 0 Å². The average molecular weight is 268 g/mol. The third-order valence-electron chi connectivity index (χ3n) is 3.41. The van der Waals surface area contributed by atoms with Crippen molar-refractivity contribution in [3.8, 4) is 0 Å². The zero-order valence-corrected chi connectivity index (χ0v) is 12.9. The van der Waals surface area contributed by atoms with Gasteiger partial charge in [0.1, 0.15) is 12.1 Å². The van der Waals surface area contributed by atoms with E-state index in [2.05, 4.69) is 33.0 Å². The fraction of sp³-hybridized carbons (Fsp3) is 0.867. The van der Waals surface area contributed by atoms with Gasteiger partial charge in [0.2, 0.25) is 11.8 Å². The van der Waals surface area contributed by atoms with Gasteiger partial charge in [-0.15, -0.1) is 0 Å². The van der Waals surface area contributed by atoms with Crippen molar-refractivity contribution in [2.24, 2.45) is 11.8 Å². The molecule has 1 saturated heterocycles. The van der Waals surface area contributed by atoms with Gasteiger partial charge in [-0.25, -0.2) is 0 Å². The van der Waals surface area contributed by atoms with Crippen LogP contribution in [-0.2, 0) is 9.59 Å². The number of piperazine rings is 1. The molecule has 1 rings (SSSR count). The summed E-state index contributed by atoms with van der Waals surface area (Å²) in [6.07, 6.45) is 2.38. The first-order valence-corrected chi connectivity index (χ1v) is 7.47. The normalized spacial score (nSPS) is 24.3. The number of carbonyl (C=O) groups excluding carboxylic acids is 2. The van der Waals surface area contributed by atoms with Crippen LogP contribution >= 0.6 is 0 Å². The molecular weight excluding hydrogens is 240 g/mol. The molecule has 2 unspecified atom stereocenters. The molecule has 2 atom stereocenters. The van der Waals surface area contributed by atoms with Gasteiger partial charge in [-0.05, 0) is 24.7 Å². The van der Waals surface area contributed by atoms with Crippen molar-refractivity contribution in [3.63, 3.8) is 0 Å². The van der Waals surface area contributed by atoms with Crippen LogP contribution in [0.15, 0.2) is 0 Å². The summed E-state index contributed by atoms with van der Waals surface area (Å²) in [6, 6.07) is -0.609. The smallest absolute Gasteiger partial charge is 0.245 e. The van der Waals surface area contributed by atoms with Crippen LogP contribution in [0.3, 0.4) is 0 Å². The first kappa shape index (κ1) is 16.0. The molecule has 0 aromatic heterocycles. The minimum absolute atomic E-state index is 0.0211. The molecule has 0 saturated carbocycles. The highest BCUT2D eigenvalue weighted by Gasteiger charge is 2.39. The molecule has 0 spiro atoms. The number of carbonyl (C=O) groups is 2.